The van der Waals surface area contributed by atoms with E-state index in [9.17, 15) is 4.79 Å². The summed E-state index contributed by atoms with van der Waals surface area (Å²) in [6.07, 6.45) is 21.1. The molecule has 0 rings (SSSR count). The summed E-state index contributed by atoms with van der Waals surface area (Å²) in [5, 5.41) is 21.4. The molecule has 0 aromatic carbocycles. The maximum absolute atomic E-state index is 12.2. The Morgan fingerprint density at radius 1 is 0.700 bits per heavy atom. The first-order chi connectivity index (χ1) is 14.7. The van der Waals surface area contributed by atoms with Gasteiger partial charge in [0.15, 0.2) is 0 Å². The fourth-order valence-corrected chi connectivity index (χ4v) is 4.05. The van der Waals surface area contributed by atoms with Gasteiger partial charge in [-0.2, -0.15) is 0 Å². The van der Waals surface area contributed by atoms with Crippen molar-refractivity contribution < 1.29 is 15.0 Å². The predicted molar refractivity (Wildman–Crippen MR) is 128 cm³/mol. The second-order valence-corrected chi connectivity index (χ2v) is 8.67. The van der Waals surface area contributed by atoms with Crippen LogP contribution in [0, 0.1) is 0 Å². The molecule has 0 spiro atoms. The van der Waals surface area contributed by atoms with Crippen molar-refractivity contribution >= 4 is 5.91 Å². The van der Waals surface area contributed by atoms with Gasteiger partial charge in [-0.05, 0) is 12.8 Å². The Bertz CT molecular complexity index is 360. The molecular weight excluding hydrogens is 376 g/mol. The highest BCUT2D eigenvalue weighted by atomic mass is 16.3. The lowest BCUT2D eigenvalue weighted by Gasteiger charge is -2.30. The van der Waals surface area contributed by atoms with E-state index in [0.29, 0.717) is 19.5 Å². The van der Waals surface area contributed by atoms with E-state index < -0.39 is 0 Å². The number of rotatable bonds is 23. The van der Waals surface area contributed by atoms with Crippen molar-refractivity contribution in [3.8, 4) is 0 Å². The third kappa shape index (κ3) is 18.1. The summed E-state index contributed by atoms with van der Waals surface area (Å²) < 4.78 is 0. The minimum absolute atomic E-state index is 0.0332. The molecule has 5 nitrogen and oxygen atoms in total. The third-order valence-corrected chi connectivity index (χ3v) is 5.94. The highest BCUT2D eigenvalue weighted by Gasteiger charge is 2.17. The fraction of sp³-hybridized carbons (Fsp3) is 0.960. The first kappa shape index (κ1) is 29.4. The Kier molecular flexibility index (Phi) is 22.5. The summed E-state index contributed by atoms with van der Waals surface area (Å²) in [5.41, 5.74) is 0. The SMILES string of the molecule is CCCCCCCCCCCCCCCCCC(=O)NC(CC)N(CCO)CCO. The number of aliphatic hydroxyl groups is 2. The van der Waals surface area contributed by atoms with Gasteiger partial charge in [-0.25, -0.2) is 0 Å². The van der Waals surface area contributed by atoms with Crippen molar-refractivity contribution in [2.24, 2.45) is 0 Å². The van der Waals surface area contributed by atoms with E-state index in [2.05, 4.69) is 12.2 Å². The molecule has 0 saturated carbocycles. The standard InChI is InChI=1S/C25H52N2O3/c1-3-5-6-7-8-9-10-11-12-13-14-15-16-17-18-19-25(30)26-24(4-2)27(20-22-28)21-23-29/h24,28-29H,3-23H2,1-2H3,(H,26,30). The summed E-state index contributed by atoms with van der Waals surface area (Å²) >= 11 is 0. The highest BCUT2D eigenvalue weighted by molar-refractivity contribution is 5.76. The first-order valence-electron chi connectivity index (χ1n) is 12.9. The molecular formula is C25H52N2O3. The van der Waals surface area contributed by atoms with Crippen LogP contribution in [0.25, 0.3) is 0 Å². The van der Waals surface area contributed by atoms with Gasteiger partial charge in [0.2, 0.25) is 5.91 Å². The van der Waals surface area contributed by atoms with Crippen LogP contribution in [0.2, 0.25) is 0 Å². The molecule has 0 aromatic heterocycles. The monoisotopic (exact) mass is 428 g/mol. The molecule has 30 heavy (non-hydrogen) atoms. The smallest absolute Gasteiger partial charge is 0.221 e. The van der Waals surface area contributed by atoms with Crippen LogP contribution in [0.4, 0.5) is 0 Å². The minimum Gasteiger partial charge on any atom is -0.395 e. The minimum atomic E-state index is -0.104. The molecule has 1 atom stereocenters. The van der Waals surface area contributed by atoms with E-state index >= 15 is 0 Å². The lowest BCUT2D eigenvalue weighted by atomic mass is 10.0. The van der Waals surface area contributed by atoms with Crippen LogP contribution >= 0.6 is 0 Å². The number of carbonyl (C=O) groups is 1. The second-order valence-electron chi connectivity index (χ2n) is 8.67. The number of aliphatic hydroxyl groups excluding tert-OH is 2. The largest absolute Gasteiger partial charge is 0.395 e. The van der Waals surface area contributed by atoms with Gasteiger partial charge < -0.3 is 15.5 Å². The predicted octanol–water partition coefficient (Wildman–Crippen LogP) is 5.39. The Labute approximate surface area is 187 Å². The van der Waals surface area contributed by atoms with Gasteiger partial charge in [0.1, 0.15) is 0 Å². The number of nitrogens with one attached hydrogen (secondary N) is 1. The van der Waals surface area contributed by atoms with Crippen LogP contribution in [-0.2, 0) is 4.79 Å². The van der Waals surface area contributed by atoms with E-state index in [4.69, 9.17) is 10.2 Å². The fourth-order valence-electron chi connectivity index (χ4n) is 4.05. The van der Waals surface area contributed by atoms with Crippen molar-refractivity contribution in [1.29, 1.82) is 0 Å². The van der Waals surface area contributed by atoms with Crippen LogP contribution in [0.15, 0.2) is 0 Å². The van der Waals surface area contributed by atoms with Gasteiger partial charge in [0, 0.05) is 19.5 Å². The molecule has 5 heteroatoms. The summed E-state index contributed by atoms with van der Waals surface area (Å²) in [4.78, 5) is 14.1. The van der Waals surface area contributed by atoms with Gasteiger partial charge in [-0.1, -0.05) is 104 Å². The van der Waals surface area contributed by atoms with Crippen molar-refractivity contribution in [3.63, 3.8) is 0 Å². The van der Waals surface area contributed by atoms with Gasteiger partial charge >= 0.3 is 0 Å². The van der Waals surface area contributed by atoms with E-state index in [0.717, 1.165) is 19.3 Å². The molecule has 1 unspecified atom stereocenters. The third-order valence-electron chi connectivity index (χ3n) is 5.94. The molecule has 180 valence electrons. The normalized spacial score (nSPS) is 12.4. The number of hydrogen-bond donors (Lipinski definition) is 3. The molecule has 0 saturated heterocycles. The maximum Gasteiger partial charge on any atom is 0.221 e. The highest BCUT2D eigenvalue weighted by Crippen LogP contribution is 2.13. The Balaban J connectivity index is 3.53. The summed E-state index contributed by atoms with van der Waals surface area (Å²) in [5.74, 6) is 0.0809. The number of hydrogen-bond acceptors (Lipinski definition) is 4. The van der Waals surface area contributed by atoms with Gasteiger partial charge in [0.25, 0.3) is 0 Å². The van der Waals surface area contributed by atoms with E-state index in [1.807, 2.05) is 11.8 Å². The molecule has 0 aliphatic rings. The Hall–Kier alpha value is -0.650. The number of carbonyl (C=O) groups excluding carboxylic acids is 1. The van der Waals surface area contributed by atoms with E-state index in [1.165, 1.54) is 83.5 Å². The lowest BCUT2D eigenvalue weighted by molar-refractivity contribution is -0.123. The Morgan fingerprint density at radius 3 is 1.47 bits per heavy atom. The van der Waals surface area contributed by atoms with Crippen molar-refractivity contribution in [1.82, 2.24) is 10.2 Å². The van der Waals surface area contributed by atoms with Gasteiger partial charge in [-0.15, -0.1) is 0 Å². The van der Waals surface area contributed by atoms with Crippen LogP contribution < -0.4 is 5.32 Å². The zero-order chi connectivity index (χ0) is 22.3. The number of amides is 1. The summed E-state index contributed by atoms with van der Waals surface area (Å²) in [7, 11) is 0. The van der Waals surface area contributed by atoms with E-state index in [1.54, 1.807) is 0 Å². The first-order valence-corrected chi connectivity index (χ1v) is 12.9. The van der Waals surface area contributed by atoms with Gasteiger partial charge in [0.05, 0.1) is 19.4 Å². The van der Waals surface area contributed by atoms with E-state index in [-0.39, 0.29) is 25.3 Å². The van der Waals surface area contributed by atoms with Crippen LogP contribution in [0.3, 0.4) is 0 Å². The lowest BCUT2D eigenvalue weighted by Crippen LogP contribution is -2.49. The summed E-state index contributed by atoms with van der Waals surface area (Å²) in [6, 6.07) is 0. The van der Waals surface area contributed by atoms with Crippen molar-refractivity contribution in [3.05, 3.63) is 0 Å². The van der Waals surface area contributed by atoms with Crippen LogP contribution in [0.1, 0.15) is 123 Å². The zero-order valence-electron chi connectivity index (χ0n) is 20.2. The molecule has 0 radical (unpaired) electrons. The maximum atomic E-state index is 12.2. The molecule has 0 heterocycles. The van der Waals surface area contributed by atoms with Crippen LogP contribution in [-0.4, -0.2) is 53.5 Å². The zero-order valence-corrected chi connectivity index (χ0v) is 20.2. The average molecular weight is 429 g/mol. The Morgan fingerprint density at radius 2 is 1.10 bits per heavy atom. The average Bonchev–Trinajstić information content (AvgIpc) is 2.74. The number of nitrogens with zero attached hydrogens (tertiary/aromatic N) is 1. The molecule has 0 fully saturated rings. The molecule has 0 bridgehead atoms. The second kappa shape index (κ2) is 23.0. The molecule has 0 aliphatic carbocycles. The van der Waals surface area contributed by atoms with Gasteiger partial charge in [-0.3, -0.25) is 9.69 Å². The molecule has 1 amide bonds. The summed E-state index contributed by atoms with van der Waals surface area (Å²) in [6.45, 7) is 5.29. The van der Waals surface area contributed by atoms with Crippen molar-refractivity contribution in [2.75, 3.05) is 26.3 Å². The topological polar surface area (TPSA) is 72.8 Å². The molecule has 3 N–H and O–H groups in total. The molecule has 0 aromatic rings. The molecule has 0 aliphatic heterocycles. The van der Waals surface area contributed by atoms with Crippen LogP contribution in [0.5, 0.6) is 0 Å². The van der Waals surface area contributed by atoms with Crippen molar-refractivity contribution in [2.45, 2.75) is 129 Å². The quantitative estimate of drug-likeness (QED) is 0.151. The number of unbranched alkanes of at least 4 members (excludes halogenated alkanes) is 14.